The Balaban J connectivity index is 2.03. The molecular weight excluding hydrogens is 681 g/mol. The molecule has 0 saturated heterocycles. The van der Waals surface area contributed by atoms with Gasteiger partial charge >= 0.3 is 24.2 Å². The van der Waals surface area contributed by atoms with Crippen LogP contribution >= 0.6 is 0 Å². The van der Waals surface area contributed by atoms with Gasteiger partial charge in [-0.1, -0.05) is 18.2 Å². The van der Waals surface area contributed by atoms with E-state index in [0.29, 0.717) is 23.8 Å². The number of azo groups is 1. The number of carbonyl (C=O) groups excluding carboxylic acids is 2. The zero-order chi connectivity index (χ0) is 37.3. The smallest absolute Gasteiger partial charge is 0.422 e. The molecule has 0 bridgehead atoms. The molecule has 11 nitrogen and oxygen atoms in total. The lowest BCUT2D eigenvalue weighted by Gasteiger charge is -2.38. The van der Waals surface area contributed by atoms with Gasteiger partial charge in [0.2, 0.25) is 5.60 Å². The van der Waals surface area contributed by atoms with Crippen LogP contribution < -0.4 is 15.9 Å². The van der Waals surface area contributed by atoms with Gasteiger partial charge in [0.1, 0.15) is 28.7 Å². The molecule has 3 rings (SSSR count). The minimum atomic E-state index is -4.55. The molecule has 50 heavy (non-hydrogen) atoms. The highest BCUT2D eigenvalue weighted by atomic mass is 19.4. The summed E-state index contributed by atoms with van der Waals surface area (Å²) in [7, 11) is 1.29. The zero-order valence-electron chi connectivity index (χ0n) is 27.2. The van der Waals surface area contributed by atoms with E-state index in [-0.39, 0.29) is 11.3 Å². The minimum absolute atomic E-state index is 0.0930. The Morgan fingerprint density at radius 1 is 0.960 bits per heavy atom. The minimum Gasteiger partial charge on any atom is -0.484 e. The van der Waals surface area contributed by atoms with E-state index in [1.165, 1.54) is 37.4 Å². The van der Waals surface area contributed by atoms with Gasteiger partial charge in [0.05, 0.1) is 13.0 Å². The lowest BCUT2D eigenvalue weighted by Crippen LogP contribution is -2.51. The van der Waals surface area contributed by atoms with Gasteiger partial charge in [0, 0.05) is 35.0 Å². The molecule has 18 heteroatoms. The number of alkyl halides is 5. The van der Waals surface area contributed by atoms with Crippen molar-refractivity contribution in [3.8, 4) is 16.9 Å². The summed E-state index contributed by atoms with van der Waals surface area (Å²) in [5.74, 6) is -3.03. The number of pyridine rings is 1. The van der Waals surface area contributed by atoms with Gasteiger partial charge in [-0.3, -0.25) is 14.8 Å². The number of amides is 1. The Hall–Kier alpha value is -5.29. The van der Waals surface area contributed by atoms with Crippen LogP contribution in [0, 0.1) is 11.6 Å². The SMILES string of the molecule is C[N+](N)=NC=NCC(OC(=O)CCNC(=O)OC(C)(C)C)(c1ccc(F)cc1F)C(F)(F)c1ccc(-c2ccc(OCC(F)(F)F)cc2)cn1. The van der Waals surface area contributed by atoms with E-state index in [1.807, 2.05) is 0 Å². The fourth-order valence-electron chi connectivity index (χ4n) is 4.30. The van der Waals surface area contributed by atoms with Crippen LogP contribution in [0.15, 0.2) is 70.9 Å². The Morgan fingerprint density at radius 2 is 1.62 bits per heavy atom. The highest BCUT2D eigenvalue weighted by Gasteiger charge is 2.61. The molecule has 0 aliphatic rings. The maximum Gasteiger partial charge on any atom is 0.422 e. The van der Waals surface area contributed by atoms with Gasteiger partial charge in [-0.25, -0.2) is 13.6 Å². The largest absolute Gasteiger partial charge is 0.484 e. The molecule has 1 aromatic heterocycles. The van der Waals surface area contributed by atoms with E-state index in [4.69, 9.17) is 15.3 Å². The van der Waals surface area contributed by atoms with Gasteiger partial charge in [-0.2, -0.15) is 27.8 Å². The predicted octanol–water partition coefficient (Wildman–Crippen LogP) is 6.41. The fraction of sp³-hybridized carbons (Fsp3) is 0.375. The van der Waals surface area contributed by atoms with Crippen LogP contribution in [0.1, 0.15) is 38.4 Å². The quantitative estimate of drug-likeness (QED) is 0.0305. The summed E-state index contributed by atoms with van der Waals surface area (Å²) in [4.78, 5) is 33.6. The number of halogens is 7. The van der Waals surface area contributed by atoms with Crippen molar-refractivity contribution in [2.24, 2.45) is 15.9 Å². The third kappa shape index (κ3) is 10.9. The number of aliphatic imine (C=N–C) groups is 1. The summed E-state index contributed by atoms with van der Waals surface area (Å²) in [6.07, 6.45) is -4.38. The normalized spacial score (nSPS) is 13.9. The maximum absolute atomic E-state index is 16.9. The molecular formula is C32H34F7N6O5+. The summed E-state index contributed by atoms with van der Waals surface area (Å²) in [5, 5.41) is 5.88. The predicted molar refractivity (Wildman–Crippen MR) is 164 cm³/mol. The van der Waals surface area contributed by atoms with Gasteiger partial charge in [0.15, 0.2) is 20.0 Å². The van der Waals surface area contributed by atoms with Crippen molar-refractivity contribution in [3.63, 3.8) is 0 Å². The highest BCUT2D eigenvalue weighted by Crippen LogP contribution is 2.49. The number of nitrogens with one attached hydrogen (secondary N) is 1. The average Bonchev–Trinajstić information content (AvgIpc) is 3.00. The first kappa shape index (κ1) is 39.2. The van der Waals surface area contributed by atoms with E-state index < -0.39 is 84.4 Å². The summed E-state index contributed by atoms with van der Waals surface area (Å²) in [5.41, 5.74) is -5.56. The summed E-state index contributed by atoms with van der Waals surface area (Å²) in [6.45, 7) is 1.67. The second-order valence-electron chi connectivity index (χ2n) is 11.7. The number of carbonyl (C=O) groups is 2. The number of hydrogen-bond acceptors (Lipinski definition) is 7. The summed E-state index contributed by atoms with van der Waals surface area (Å²) < 4.78 is 116. The topological polar surface area (TPSA) is 140 Å². The third-order valence-electron chi connectivity index (χ3n) is 6.46. The van der Waals surface area contributed by atoms with E-state index in [0.717, 1.165) is 23.4 Å². The van der Waals surface area contributed by atoms with Crippen LogP contribution in [-0.4, -0.2) is 66.7 Å². The van der Waals surface area contributed by atoms with Crippen molar-refractivity contribution in [1.29, 1.82) is 0 Å². The van der Waals surface area contributed by atoms with E-state index in [2.05, 4.69) is 25.1 Å². The van der Waals surface area contributed by atoms with Crippen molar-refractivity contribution >= 4 is 18.4 Å². The van der Waals surface area contributed by atoms with E-state index >= 15 is 13.2 Å². The Bertz CT molecular complexity index is 1690. The number of nitrogens with zero attached hydrogens (tertiary/aromatic N) is 4. The van der Waals surface area contributed by atoms with Gasteiger partial charge in [-0.15, -0.1) is 0 Å². The zero-order valence-corrected chi connectivity index (χ0v) is 27.2. The number of aromatic nitrogens is 1. The van der Waals surface area contributed by atoms with Crippen LogP contribution in [0.4, 0.5) is 35.5 Å². The van der Waals surface area contributed by atoms with Crippen LogP contribution in [0.5, 0.6) is 5.75 Å². The Morgan fingerprint density at radius 3 is 2.18 bits per heavy atom. The van der Waals surface area contributed by atoms with Crippen LogP contribution in [0.3, 0.4) is 0 Å². The molecule has 0 spiro atoms. The van der Waals surface area contributed by atoms with E-state index in [1.54, 1.807) is 20.8 Å². The Kier molecular flexibility index (Phi) is 12.5. The summed E-state index contributed by atoms with van der Waals surface area (Å²) in [6, 6.07) is 8.96. The molecule has 1 heterocycles. The molecule has 1 unspecified atom stereocenters. The molecule has 0 aliphatic carbocycles. The second-order valence-corrected chi connectivity index (χ2v) is 11.7. The molecule has 0 fully saturated rings. The number of alkyl carbamates (subject to hydrolysis) is 1. The first-order valence-corrected chi connectivity index (χ1v) is 14.7. The van der Waals surface area contributed by atoms with Crippen LogP contribution in [0.2, 0.25) is 0 Å². The number of esters is 1. The van der Waals surface area contributed by atoms with Crippen molar-refractivity contribution < 1.29 is 59.3 Å². The number of benzene rings is 2. The van der Waals surface area contributed by atoms with Gasteiger partial charge < -0.3 is 19.5 Å². The highest BCUT2D eigenvalue weighted by molar-refractivity contribution is 5.73. The molecule has 0 saturated carbocycles. The van der Waals surface area contributed by atoms with Gasteiger partial charge in [-0.05, 0) is 61.5 Å². The third-order valence-corrected chi connectivity index (χ3v) is 6.46. The van der Waals surface area contributed by atoms with Crippen molar-refractivity contribution in [2.45, 2.75) is 50.5 Å². The molecule has 1 amide bonds. The molecule has 270 valence electrons. The van der Waals surface area contributed by atoms with Crippen molar-refractivity contribution in [3.05, 3.63) is 83.7 Å². The summed E-state index contributed by atoms with van der Waals surface area (Å²) >= 11 is 0. The molecule has 1 atom stereocenters. The fourth-order valence-corrected chi connectivity index (χ4v) is 4.30. The monoisotopic (exact) mass is 715 g/mol. The lowest BCUT2D eigenvalue weighted by molar-refractivity contribution is -0.571. The molecule has 3 aromatic rings. The van der Waals surface area contributed by atoms with Crippen LogP contribution in [-0.2, 0) is 25.8 Å². The first-order valence-electron chi connectivity index (χ1n) is 14.7. The van der Waals surface area contributed by atoms with Crippen molar-refractivity contribution in [2.75, 3.05) is 26.7 Å². The number of rotatable bonds is 13. The second kappa shape index (κ2) is 15.9. The van der Waals surface area contributed by atoms with Gasteiger partial charge in [0.25, 0.3) is 0 Å². The average molecular weight is 716 g/mol. The number of nitrogens with two attached hydrogens (primary N) is 1. The molecule has 3 N–H and O–H groups in total. The van der Waals surface area contributed by atoms with E-state index in [9.17, 15) is 27.2 Å². The molecule has 2 aromatic carbocycles. The Labute approximate surface area is 281 Å². The first-order chi connectivity index (χ1) is 23.2. The number of hydrazine groups is 1. The number of hydrogen-bond donors (Lipinski definition) is 2. The number of ether oxygens (including phenoxy) is 3. The molecule has 0 aliphatic heterocycles. The van der Waals surface area contributed by atoms with Crippen LogP contribution in [0.25, 0.3) is 11.1 Å². The standard InChI is InChI=1S/C32H33F7N6O5/c1-29(2,3)50-28(47)42-14-13-27(46)49-30(17-41-19-44-45(4)40,24-11-8-22(33)15-25(24)34)32(38,39)26-12-7-21(16-43-26)20-5-9-23(10-6-20)48-18-31(35,36)37/h5-12,15-16,19H,13-14,17-18H2,1-4H3,(H2-,40,41,42,44,47)/p+1. The molecule has 0 radical (unpaired) electrons. The van der Waals surface area contributed by atoms with Crippen molar-refractivity contribution in [1.82, 2.24) is 10.3 Å². The lowest BCUT2D eigenvalue weighted by atomic mass is 9.84. The maximum atomic E-state index is 16.9.